The Hall–Kier alpha value is -3.60. The van der Waals surface area contributed by atoms with Gasteiger partial charge < -0.3 is 10.7 Å². The number of carbonyl (C=O) groups is 1. The lowest BCUT2D eigenvalue weighted by molar-refractivity contribution is 0.1000. The second kappa shape index (κ2) is 6.96. The minimum atomic E-state index is -0.419. The van der Waals surface area contributed by atoms with Crippen LogP contribution in [0.3, 0.4) is 0 Å². The predicted molar refractivity (Wildman–Crippen MR) is 106 cm³/mol. The van der Waals surface area contributed by atoms with Crippen molar-refractivity contribution >= 4 is 5.91 Å². The lowest BCUT2D eigenvalue weighted by atomic mass is 10.1. The molecular formula is C22H20N4O. The summed E-state index contributed by atoms with van der Waals surface area (Å²) in [6.07, 6.45) is 3.92. The van der Waals surface area contributed by atoms with Crippen LogP contribution < -0.4 is 5.73 Å². The number of H-pyrrole nitrogens is 1. The minimum Gasteiger partial charge on any atom is -0.366 e. The second-order valence-electron chi connectivity index (χ2n) is 6.58. The summed E-state index contributed by atoms with van der Waals surface area (Å²) in [4.78, 5) is 14.6. The van der Waals surface area contributed by atoms with Crippen LogP contribution in [0.25, 0.3) is 22.4 Å². The van der Waals surface area contributed by atoms with E-state index in [9.17, 15) is 4.79 Å². The van der Waals surface area contributed by atoms with Gasteiger partial charge in [0.2, 0.25) is 0 Å². The van der Waals surface area contributed by atoms with Gasteiger partial charge in [0.15, 0.2) is 0 Å². The molecule has 134 valence electrons. The molecule has 5 heteroatoms. The zero-order valence-electron chi connectivity index (χ0n) is 15.0. The fourth-order valence-electron chi connectivity index (χ4n) is 3.18. The third-order valence-corrected chi connectivity index (χ3v) is 4.63. The Balaban J connectivity index is 1.54. The van der Waals surface area contributed by atoms with E-state index in [1.54, 1.807) is 6.07 Å². The van der Waals surface area contributed by atoms with Crippen molar-refractivity contribution in [3.8, 4) is 22.4 Å². The molecule has 4 rings (SSSR count). The average molecular weight is 356 g/mol. The van der Waals surface area contributed by atoms with Crippen LogP contribution in [0, 0.1) is 6.92 Å². The van der Waals surface area contributed by atoms with Crippen LogP contribution >= 0.6 is 0 Å². The van der Waals surface area contributed by atoms with Gasteiger partial charge in [-0.25, -0.2) is 0 Å². The van der Waals surface area contributed by atoms with Crippen molar-refractivity contribution in [2.24, 2.45) is 5.73 Å². The van der Waals surface area contributed by atoms with Gasteiger partial charge in [-0.1, -0.05) is 54.6 Å². The molecule has 1 amide bonds. The Kier molecular flexibility index (Phi) is 4.34. The fourth-order valence-corrected chi connectivity index (χ4v) is 3.18. The van der Waals surface area contributed by atoms with E-state index in [1.807, 2.05) is 54.3 Å². The van der Waals surface area contributed by atoms with E-state index >= 15 is 0 Å². The van der Waals surface area contributed by atoms with E-state index in [1.165, 1.54) is 5.56 Å². The Morgan fingerprint density at radius 2 is 1.74 bits per heavy atom. The van der Waals surface area contributed by atoms with Crippen LogP contribution in [-0.4, -0.2) is 20.7 Å². The molecule has 0 bridgehead atoms. The zero-order valence-corrected chi connectivity index (χ0v) is 15.0. The van der Waals surface area contributed by atoms with E-state index in [-0.39, 0.29) is 0 Å². The highest BCUT2D eigenvalue weighted by Crippen LogP contribution is 2.25. The molecule has 27 heavy (non-hydrogen) atoms. The van der Waals surface area contributed by atoms with Gasteiger partial charge in [-0.2, -0.15) is 5.10 Å². The second-order valence-corrected chi connectivity index (χ2v) is 6.58. The van der Waals surface area contributed by atoms with Crippen LogP contribution in [0.15, 0.2) is 73.1 Å². The predicted octanol–water partition coefficient (Wildman–Crippen LogP) is 4.00. The van der Waals surface area contributed by atoms with Crippen molar-refractivity contribution in [2.75, 3.05) is 0 Å². The maximum Gasteiger partial charge on any atom is 0.250 e. The molecule has 0 fully saturated rings. The summed E-state index contributed by atoms with van der Waals surface area (Å²) in [5.41, 5.74) is 12.0. The van der Waals surface area contributed by atoms with Crippen LogP contribution in [0.4, 0.5) is 0 Å². The topological polar surface area (TPSA) is 76.7 Å². The minimum absolute atomic E-state index is 0.419. The van der Waals surface area contributed by atoms with Gasteiger partial charge in [0.25, 0.3) is 5.91 Å². The van der Waals surface area contributed by atoms with Crippen LogP contribution in [0.2, 0.25) is 0 Å². The van der Waals surface area contributed by atoms with E-state index in [0.717, 1.165) is 34.6 Å². The van der Waals surface area contributed by atoms with E-state index in [0.29, 0.717) is 5.56 Å². The van der Waals surface area contributed by atoms with Crippen molar-refractivity contribution in [1.29, 1.82) is 0 Å². The lowest BCUT2D eigenvalue weighted by Crippen LogP contribution is -2.10. The summed E-state index contributed by atoms with van der Waals surface area (Å²) in [6, 6.07) is 20.2. The van der Waals surface area contributed by atoms with Gasteiger partial charge in [-0.15, -0.1) is 0 Å². The summed E-state index contributed by atoms with van der Waals surface area (Å²) in [7, 11) is 0. The molecular weight excluding hydrogens is 336 g/mol. The standard InChI is InChI=1S/C22H20N4O/c1-15-20(22(23)27)11-21(25-15)18-9-7-17(8-10-18)19-12-24-26(14-19)13-16-5-3-2-4-6-16/h2-12,14,25H,13H2,1H3,(H2,23,27). The van der Waals surface area contributed by atoms with Gasteiger partial charge >= 0.3 is 0 Å². The van der Waals surface area contributed by atoms with Gasteiger partial charge in [0.1, 0.15) is 0 Å². The molecule has 0 atom stereocenters. The number of aromatic amines is 1. The van der Waals surface area contributed by atoms with Gasteiger partial charge in [-0.3, -0.25) is 9.48 Å². The molecule has 4 aromatic rings. The number of hydrogen-bond donors (Lipinski definition) is 2. The van der Waals surface area contributed by atoms with Crippen LogP contribution in [0.5, 0.6) is 0 Å². The number of hydrogen-bond acceptors (Lipinski definition) is 2. The number of aromatic nitrogens is 3. The number of rotatable bonds is 5. The van der Waals surface area contributed by atoms with E-state index in [2.05, 4.69) is 34.3 Å². The zero-order chi connectivity index (χ0) is 18.8. The first-order valence-electron chi connectivity index (χ1n) is 8.77. The number of carbonyl (C=O) groups excluding carboxylic acids is 1. The summed E-state index contributed by atoms with van der Waals surface area (Å²) in [6.45, 7) is 2.59. The van der Waals surface area contributed by atoms with Crippen LogP contribution in [-0.2, 0) is 6.54 Å². The molecule has 0 aliphatic heterocycles. The summed E-state index contributed by atoms with van der Waals surface area (Å²) in [5, 5.41) is 4.46. The Labute approximate surface area is 157 Å². The number of benzene rings is 2. The molecule has 0 saturated heterocycles. The highest BCUT2D eigenvalue weighted by Gasteiger charge is 2.11. The SMILES string of the molecule is Cc1[nH]c(-c2ccc(-c3cnn(Cc4ccccc4)c3)cc2)cc1C(N)=O. The van der Waals surface area contributed by atoms with Gasteiger partial charge in [0, 0.05) is 23.1 Å². The fraction of sp³-hybridized carbons (Fsp3) is 0.0909. The summed E-state index contributed by atoms with van der Waals surface area (Å²) >= 11 is 0. The first-order chi connectivity index (χ1) is 13.1. The van der Waals surface area contributed by atoms with Crippen molar-refractivity contribution in [3.05, 3.63) is 89.9 Å². The Morgan fingerprint density at radius 3 is 2.41 bits per heavy atom. The average Bonchev–Trinajstić information content (AvgIpc) is 3.29. The summed E-state index contributed by atoms with van der Waals surface area (Å²) < 4.78 is 1.94. The first-order valence-corrected chi connectivity index (χ1v) is 8.77. The quantitative estimate of drug-likeness (QED) is 0.567. The van der Waals surface area contributed by atoms with Crippen molar-refractivity contribution < 1.29 is 4.79 Å². The Morgan fingerprint density at radius 1 is 1.04 bits per heavy atom. The molecule has 0 aliphatic carbocycles. The van der Waals surface area contributed by atoms with Crippen LogP contribution in [0.1, 0.15) is 21.6 Å². The molecule has 2 heterocycles. The molecule has 5 nitrogen and oxygen atoms in total. The normalized spacial score (nSPS) is 10.9. The smallest absolute Gasteiger partial charge is 0.250 e. The maximum absolute atomic E-state index is 11.4. The summed E-state index contributed by atoms with van der Waals surface area (Å²) in [5.74, 6) is -0.419. The van der Waals surface area contributed by atoms with Crippen molar-refractivity contribution in [3.63, 3.8) is 0 Å². The number of nitrogens with one attached hydrogen (secondary N) is 1. The molecule has 0 radical (unpaired) electrons. The maximum atomic E-state index is 11.4. The van der Waals surface area contributed by atoms with Crippen molar-refractivity contribution in [1.82, 2.24) is 14.8 Å². The monoisotopic (exact) mass is 356 g/mol. The molecule has 3 N–H and O–H groups in total. The highest BCUT2D eigenvalue weighted by atomic mass is 16.1. The third-order valence-electron chi connectivity index (χ3n) is 4.63. The largest absolute Gasteiger partial charge is 0.366 e. The van der Waals surface area contributed by atoms with E-state index < -0.39 is 5.91 Å². The number of nitrogens with two attached hydrogens (primary N) is 1. The number of nitrogens with zero attached hydrogens (tertiary/aromatic N) is 2. The highest BCUT2D eigenvalue weighted by molar-refractivity contribution is 5.95. The lowest BCUT2D eigenvalue weighted by Gasteiger charge is -2.02. The van der Waals surface area contributed by atoms with Gasteiger partial charge in [-0.05, 0) is 29.7 Å². The van der Waals surface area contributed by atoms with Gasteiger partial charge in [0.05, 0.1) is 18.3 Å². The number of amides is 1. The molecule has 0 spiro atoms. The van der Waals surface area contributed by atoms with E-state index in [4.69, 9.17) is 5.73 Å². The molecule has 0 aliphatic rings. The Bertz CT molecular complexity index is 1080. The molecule has 0 saturated carbocycles. The van der Waals surface area contributed by atoms with Crippen molar-refractivity contribution in [2.45, 2.75) is 13.5 Å². The number of primary amides is 1. The molecule has 2 aromatic heterocycles. The first kappa shape index (κ1) is 16.8. The third kappa shape index (κ3) is 3.53. The molecule has 2 aromatic carbocycles. The number of aryl methyl sites for hydroxylation is 1. The molecule has 0 unspecified atom stereocenters.